The van der Waals surface area contributed by atoms with Crippen molar-refractivity contribution in [2.24, 2.45) is 0 Å². The van der Waals surface area contributed by atoms with Crippen molar-refractivity contribution in [3.63, 3.8) is 0 Å². The number of allylic oxidation sites excluding steroid dienone is 2. The summed E-state index contributed by atoms with van der Waals surface area (Å²) in [4.78, 5) is 12.4. The summed E-state index contributed by atoms with van der Waals surface area (Å²) in [6.07, 6.45) is 13.8. The van der Waals surface area contributed by atoms with Gasteiger partial charge in [-0.15, -0.1) is 0 Å². The Kier molecular flexibility index (Phi) is 9.65. The van der Waals surface area contributed by atoms with Crippen LogP contribution in [0.1, 0.15) is 122 Å². The van der Waals surface area contributed by atoms with Gasteiger partial charge in [-0.25, -0.2) is 0 Å². The number of Topliss-reactive ketones (excluding diaryl/α,β-unsaturated/α-hetero) is 1. The molecule has 1 aromatic carbocycles. The molecule has 1 aliphatic rings. The van der Waals surface area contributed by atoms with Crippen LogP contribution in [0.2, 0.25) is 0 Å². The van der Waals surface area contributed by atoms with E-state index in [2.05, 4.69) is 46.8 Å². The molecule has 0 N–H and O–H groups in total. The van der Waals surface area contributed by atoms with Crippen LogP contribution in [-0.2, 0) is 23.1 Å². The Hall–Kier alpha value is -1.57. The predicted octanol–water partition coefficient (Wildman–Crippen LogP) is 8.25. The van der Waals surface area contributed by atoms with E-state index in [0.29, 0.717) is 0 Å². The number of benzene rings is 1. The topological polar surface area (TPSA) is 26.3 Å². The van der Waals surface area contributed by atoms with Crippen LogP contribution in [0.3, 0.4) is 0 Å². The summed E-state index contributed by atoms with van der Waals surface area (Å²) in [5.41, 5.74) is 4.87. The Morgan fingerprint density at radius 2 is 1.50 bits per heavy atom. The fourth-order valence-electron chi connectivity index (χ4n) is 4.26. The second-order valence-electron chi connectivity index (χ2n) is 10.1. The maximum absolute atomic E-state index is 12.4. The highest BCUT2D eigenvalue weighted by atomic mass is 16.5. The van der Waals surface area contributed by atoms with Crippen LogP contribution in [0.5, 0.6) is 5.75 Å². The molecule has 0 bridgehead atoms. The van der Waals surface area contributed by atoms with Gasteiger partial charge in [-0.05, 0) is 48.3 Å². The maximum Gasteiger partial charge on any atom is 0.159 e. The standard InChI is InChI=1S/C28H44O2/c1-7-9-11-13-14-16-22-18-24(28(4,5)6)19-23-20-25(21(3)29)26(30-27(22)23)17-15-12-10-8-2/h18-19H,7-17,20H2,1-6H3. The second kappa shape index (κ2) is 11.7. The minimum atomic E-state index is 0.0898. The lowest BCUT2D eigenvalue weighted by Gasteiger charge is -2.28. The third-order valence-corrected chi connectivity index (χ3v) is 6.27. The average Bonchev–Trinajstić information content (AvgIpc) is 2.69. The van der Waals surface area contributed by atoms with E-state index in [1.165, 1.54) is 68.1 Å². The number of rotatable bonds is 12. The highest BCUT2D eigenvalue weighted by Crippen LogP contribution is 2.39. The van der Waals surface area contributed by atoms with Gasteiger partial charge in [-0.1, -0.05) is 91.7 Å². The molecule has 0 amide bonds. The quantitative estimate of drug-likeness (QED) is 0.323. The number of hydrogen-bond donors (Lipinski definition) is 0. The summed E-state index contributed by atoms with van der Waals surface area (Å²) in [5, 5.41) is 0. The summed E-state index contributed by atoms with van der Waals surface area (Å²) in [7, 11) is 0. The molecule has 0 atom stereocenters. The Labute approximate surface area is 185 Å². The molecule has 0 aliphatic carbocycles. The first-order chi connectivity index (χ1) is 14.3. The number of ether oxygens (including phenoxy) is 1. The summed E-state index contributed by atoms with van der Waals surface area (Å²) in [6, 6.07) is 4.65. The summed E-state index contributed by atoms with van der Waals surface area (Å²) < 4.78 is 6.52. The van der Waals surface area contributed by atoms with Gasteiger partial charge in [0.25, 0.3) is 0 Å². The fourth-order valence-corrected chi connectivity index (χ4v) is 4.26. The van der Waals surface area contributed by atoms with Crippen molar-refractivity contribution < 1.29 is 9.53 Å². The summed E-state index contributed by atoms with van der Waals surface area (Å²) in [6.45, 7) is 13.0. The second-order valence-corrected chi connectivity index (χ2v) is 10.1. The molecule has 0 spiro atoms. The maximum atomic E-state index is 12.4. The van der Waals surface area contributed by atoms with Gasteiger partial charge in [0.05, 0.1) is 0 Å². The molecule has 168 valence electrons. The van der Waals surface area contributed by atoms with Gasteiger partial charge in [0.15, 0.2) is 5.78 Å². The third kappa shape index (κ3) is 7.00. The van der Waals surface area contributed by atoms with Gasteiger partial charge in [0.2, 0.25) is 0 Å². The number of ketones is 1. The van der Waals surface area contributed by atoms with Gasteiger partial charge >= 0.3 is 0 Å². The zero-order valence-electron chi connectivity index (χ0n) is 20.5. The van der Waals surface area contributed by atoms with Crippen LogP contribution in [0.15, 0.2) is 23.5 Å². The molecule has 0 unspecified atom stereocenters. The van der Waals surface area contributed by atoms with E-state index in [0.717, 1.165) is 42.8 Å². The van der Waals surface area contributed by atoms with Gasteiger partial charge in [0.1, 0.15) is 11.5 Å². The number of aryl methyl sites for hydroxylation is 1. The first kappa shape index (κ1) is 24.7. The first-order valence-corrected chi connectivity index (χ1v) is 12.3. The van der Waals surface area contributed by atoms with Crippen molar-refractivity contribution in [2.45, 2.75) is 124 Å². The average molecular weight is 413 g/mol. The van der Waals surface area contributed by atoms with Crippen molar-refractivity contribution in [1.29, 1.82) is 0 Å². The zero-order chi connectivity index (χ0) is 22.1. The minimum Gasteiger partial charge on any atom is -0.461 e. The van der Waals surface area contributed by atoms with E-state index in [1.807, 2.05) is 0 Å². The molecule has 0 saturated heterocycles. The monoisotopic (exact) mass is 412 g/mol. The minimum absolute atomic E-state index is 0.0898. The lowest BCUT2D eigenvalue weighted by molar-refractivity contribution is -0.113. The van der Waals surface area contributed by atoms with Crippen molar-refractivity contribution in [3.05, 3.63) is 40.2 Å². The van der Waals surface area contributed by atoms with Crippen LogP contribution in [0, 0.1) is 0 Å². The van der Waals surface area contributed by atoms with Crippen LogP contribution in [0.25, 0.3) is 0 Å². The van der Waals surface area contributed by atoms with Gasteiger partial charge in [-0.2, -0.15) is 0 Å². The van der Waals surface area contributed by atoms with Gasteiger partial charge in [0, 0.05) is 18.4 Å². The number of unbranched alkanes of at least 4 members (excludes halogenated alkanes) is 7. The predicted molar refractivity (Wildman–Crippen MR) is 128 cm³/mol. The van der Waals surface area contributed by atoms with Crippen molar-refractivity contribution in [1.82, 2.24) is 0 Å². The Balaban J connectivity index is 2.29. The number of hydrogen-bond acceptors (Lipinski definition) is 2. The highest BCUT2D eigenvalue weighted by Gasteiger charge is 2.27. The Bertz CT molecular complexity index is 734. The Morgan fingerprint density at radius 3 is 2.10 bits per heavy atom. The van der Waals surface area contributed by atoms with E-state index in [9.17, 15) is 4.79 Å². The number of fused-ring (bicyclic) bond motifs is 1. The van der Waals surface area contributed by atoms with E-state index >= 15 is 0 Å². The van der Waals surface area contributed by atoms with Gasteiger partial charge < -0.3 is 4.74 Å². The van der Waals surface area contributed by atoms with Crippen LogP contribution < -0.4 is 4.74 Å². The molecule has 2 rings (SSSR count). The molecule has 1 heterocycles. The van der Waals surface area contributed by atoms with Crippen LogP contribution in [0.4, 0.5) is 0 Å². The first-order valence-electron chi connectivity index (χ1n) is 12.3. The molecule has 2 nitrogen and oxygen atoms in total. The largest absolute Gasteiger partial charge is 0.461 e. The molecule has 2 heteroatoms. The molecule has 30 heavy (non-hydrogen) atoms. The molecule has 0 aromatic heterocycles. The number of carbonyl (C=O) groups is 1. The van der Waals surface area contributed by atoms with Gasteiger partial charge in [-0.3, -0.25) is 4.79 Å². The fraction of sp³-hybridized carbons (Fsp3) is 0.679. The van der Waals surface area contributed by atoms with Crippen molar-refractivity contribution in [3.8, 4) is 5.75 Å². The normalized spacial score (nSPS) is 13.9. The lowest BCUT2D eigenvalue weighted by atomic mass is 9.82. The van der Waals surface area contributed by atoms with E-state index in [1.54, 1.807) is 6.92 Å². The van der Waals surface area contributed by atoms with Crippen LogP contribution >= 0.6 is 0 Å². The smallest absolute Gasteiger partial charge is 0.159 e. The molecule has 0 radical (unpaired) electrons. The van der Waals surface area contributed by atoms with Crippen LogP contribution in [-0.4, -0.2) is 5.78 Å². The Morgan fingerprint density at radius 1 is 0.900 bits per heavy atom. The summed E-state index contributed by atoms with van der Waals surface area (Å²) in [5.74, 6) is 2.14. The summed E-state index contributed by atoms with van der Waals surface area (Å²) >= 11 is 0. The molecule has 1 aromatic rings. The zero-order valence-corrected chi connectivity index (χ0v) is 20.5. The highest BCUT2D eigenvalue weighted by molar-refractivity contribution is 5.94. The molecule has 0 fully saturated rings. The van der Waals surface area contributed by atoms with E-state index < -0.39 is 0 Å². The third-order valence-electron chi connectivity index (χ3n) is 6.27. The molecule has 0 saturated carbocycles. The van der Waals surface area contributed by atoms with Crippen molar-refractivity contribution in [2.75, 3.05) is 0 Å². The molecular weight excluding hydrogens is 368 g/mol. The lowest BCUT2D eigenvalue weighted by Crippen LogP contribution is -2.19. The SMILES string of the molecule is CCCCCCCc1cc(C(C)(C)C)cc2c1OC(CCCCCC)=C(C(C)=O)C2. The van der Waals surface area contributed by atoms with E-state index in [4.69, 9.17) is 4.74 Å². The number of carbonyl (C=O) groups excluding carboxylic acids is 1. The molecule has 1 aliphatic heterocycles. The van der Waals surface area contributed by atoms with Crippen molar-refractivity contribution >= 4 is 5.78 Å². The van der Waals surface area contributed by atoms with E-state index in [-0.39, 0.29) is 11.2 Å². The molecular formula is C28H44O2.